The fraction of sp³-hybridized carbons (Fsp3) is 0.333. The van der Waals surface area contributed by atoms with E-state index in [1.54, 1.807) is 19.1 Å². The number of hydrogen-bond donors (Lipinski definition) is 2. The Kier molecular flexibility index (Phi) is 7.32. The lowest BCUT2D eigenvalue weighted by Crippen LogP contribution is -2.27. The maximum atomic E-state index is 12.9. The van der Waals surface area contributed by atoms with Gasteiger partial charge in [-0.05, 0) is 25.1 Å². The van der Waals surface area contributed by atoms with Gasteiger partial charge in [-0.2, -0.15) is 0 Å². The molecule has 0 aliphatic heterocycles. The molecule has 2 N–H and O–H groups in total. The molecule has 3 rings (SSSR count). The topological polar surface area (TPSA) is 112 Å². The van der Waals surface area contributed by atoms with E-state index in [0.717, 1.165) is 5.69 Å². The van der Waals surface area contributed by atoms with Gasteiger partial charge in [0, 0.05) is 42.9 Å². The van der Waals surface area contributed by atoms with E-state index in [0.29, 0.717) is 23.6 Å². The molecule has 0 aliphatic rings. The van der Waals surface area contributed by atoms with Gasteiger partial charge in [-0.25, -0.2) is 4.79 Å². The molecule has 3 aromatic rings. The monoisotopic (exact) mass is 456 g/mol. The molecule has 0 bridgehead atoms. The molecule has 0 aliphatic carbocycles. The Hall–Kier alpha value is -3.88. The second-order valence-electron chi connectivity index (χ2n) is 7.51. The Balaban J connectivity index is 2.06. The number of nitrogens with one attached hydrogen (secondary N) is 1. The molecule has 9 heteroatoms. The highest BCUT2D eigenvalue weighted by Gasteiger charge is 2.30. The number of methoxy groups -OCH3 is 3. The summed E-state index contributed by atoms with van der Waals surface area (Å²) in [6.45, 7) is 1.87. The van der Waals surface area contributed by atoms with Crippen LogP contribution in [0.2, 0.25) is 0 Å². The Labute approximate surface area is 191 Å². The van der Waals surface area contributed by atoms with Crippen LogP contribution >= 0.6 is 0 Å². The van der Waals surface area contributed by atoms with Crippen molar-refractivity contribution in [3.05, 3.63) is 69.5 Å². The van der Waals surface area contributed by atoms with Crippen molar-refractivity contribution in [1.29, 1.82) is 0 Å². The normalized spacial score (nSPS) is 11.7. The summed E-state index contributed by atoms with van der Waals surface area (Å²) >= 11 is 0. The van der Waals surface area contributed by atoms with Crippen LogP contribution in [0.15, 0.2) is 45.7 Å². The Morgan fingerprint density at radius 1 is 1.15 bits per heavy atom. The minimum absolute atomic E-state index is 0.0415. The van der Waals surface area contributed by atoms with Crippen molar-refractivity contribution in [3.8, 4) is 23.0 Å². The number of carbonyl (C=O) groups is 1. The average Bonchev–Trinajstić information content (AvgIpc) is 3.19. The van der Waals surface area contributed by atoms with E-state index in [-0.39, 0.29) is 35.2 Å². The summed E-state index contributed by atoms with van der Waals surface area (Å²) < 4.78 is 23.5. The molecule has 0 saturated carbocycles. The van der Waals surface area contributed by atoms with Gasteiger partial charge in [0.15, 0.2) is 11.5 Å². The fourth-order valence-corrected chi connectivity index (χ4v) is 3.82. The summed E-state index contributed by atoms with van der Waals surface area (Å²) in [5.74, 6) is -0.181. The highest BCUT2D eigenvalue weighted by atomic mass is 16.5. The zero-order valence-electron chi connectivity index (χ0n) is 19.3. The van der Waals surface area contributed by atoms with Crippen LogP contribution in [0.5, 0.6) is 23.0 Å². The van der Waals surface area contributed by atoms with Crippen molar-refractivity contribution in [2.24, 2.45) is 7.05 Å². The van der Waals surface area contributed by atoms with Gasteiger partial charge in [-0.1, -0.05) is 6.07 Å². The molecule has 1 amide bonds. The van der Waals surface area contributed by atoms with Gasteiger partial charge in [-0.3, -0.25) is 4.79 Å². The highest BCUT2D eigenvalue weighted by molar-refractivity contribution is 5.78. The summed E-state index contributed by atoms with van der Waals surface area (Å²) in [6, 6.07) is 8.45. The predicted molar refractivity (Wildman–Crippen MR) is 121 cm³/mol. The minimum atomic E-state index is -0.870. The Morgan fingerprint density at radius 2 is 1.88 bits per heavy atom. The molecule has 1 atom stereocenters. The minimum Gasteiger partial charge on any atom is -0.507 e. The summed E-state index contributed by atoms with van der Waals surface area (Å²) in [4.78, 5) is 25.7. The lowest BCUT2D eigenvalue weighted by molar-refractivity contribution is -0.121. The van der Waals surface area contributed by atoms with Gasteiger partial charge in [-0.15, -0.1) is 0 Å². The maximum absolute atomic E-state index is 12.9. The summed E-state index contributed by atoms with van der Waals surface area (Å²) in [5, 5.41) is 13.5. The van der Waals surface area contributed by atoms with Crippen LogP contribution in [0, 0.1) is 6.92 Å². The molecule has 2 aromatic heterocycles. The molecule has 1 aromatic carbocycles. The third-order valence-electron chi connectivity index (χ3n) is 5.46. The second-order valence-corrected chi connectivity index (χ2v) is 7.51. The number of carbonyl (C=O) groups excluding carboxylic acids is 1. The molecule has 176 valence electrons. The second kappa shape index (κ2) is 10.2. The van der Waals surface area contributed by atoms with Gasteiger partial charge in [0.05, 0.1) is 33.4 Å². The van der Waals surface area contributed by atoms with Crippen LogP contribution in [-0.4, -0.2) is 36.9 Å². The van der Waals surface area contributed by atoms with E-state index in [1.807, 2.05) is 29.9 Å². The zero-order chi connectivity index (χ0) is 24.1. The number of ether oxygens (including phenoxy) is 3. The summed E-state index contributed by atoms with van der Waals surface area (Å²) in [5.41, 5.74) is 0.613. The van der Waals surface area contributed by atoms with Gasteiger partial charge in [0.1, 0.15) is 11.5 Å². The average molecular weight is 456 g/mol. The number of aromatic nitrogens is 1. The van der Waals surface area contributed by atoms with Crippen molar-refractivity contribution in [2.75, 3.05) is 21.3 Å². The van der Waals surface area contributed by atoms with E-state index < -0.39 is 11.5 Å². The smallest absolute Gasteiger partial charge is 0.343 e. The molecular weight excluding hydrogens is 428 g/mol. The quantitative estimate of drug-likeness (QED) is 0.509. The van der Waals surface area contributed by atoms with Crippen molar-refractivity contribution in [2.45, 2.75) is 25.8 Å². The molecule has 0 spiro atoms. The lowest BCUT2D eigenvalue weighted by atomic mass is 9.87. The number of amides is 1. The van der Waals surface area contributed by atoms with Crippen molar-refractivity contribution in [1.82, 2.24) is 9.88 Å². The number of aromatic hydroxyl groups is 1. The number of nitrogens with zero attached hydrogens (tertiary/aromatic N) is 1. The van der Waals surface area contributed by atoms with Gasteiger partial charge in [0.2, 0.25) is 11.7 Å². The van der Waals surface area contributed by atoms with Crippen LogP contribution in [0.1, 0.15) is 34.9 Å². The van der Waals surface area contributed by atoms with Gasteiger partial charge >= 0.3 is 5.63 Å². The predicted octanol–water partition coefficient (Wildman–Crippen LogP) is 2.86. The van der Waals surface area contributed by atoms with Crippen LogP contribution in [0.4, 0.5) is 0 Å². The number of aryl methyl sites for hydroxylation is 2. The van der Waals surface area contributed by atoms with E-state index in [1.165, 1.54) is 27.4 Å². The van der Waals surface area contributed by atoms with Crippen LogP contribution in [0.25, 0.3) is 0 Å². The van der Waals surface area contributed by atoms with Gasteiger partial charge in [0.25, 0.3) is 0 Å². The number of rotatable bonds is 9. The Morgan fingerprint density at radius 3 is 2.45 bits per heavy atom. The highest BCUT2D eigenvalue weighted by Crippen LogP contribution is 2.45. The largest absolute Gasteiger partial charge is 0.507 e. The maximum Gasteiger partial charge on any atom is 0.343 e. The van der Waals surface area contributed by atoms with Crippen LogP contribution in [-0.2, 0) is 18.4 Å². The molecule has 9 nitrogen and oxygen atoms in total. The first-order valence-corrected chi connectivity index (χ1v) is 10.3. The molecule has 2 heterocycles. The molecule has 0 radical (unpaired) electrons. The molecular formula is C24H28N2O7. The lowest BCUT2D eigenvalue weighted by Gasteiger charge is -2.22. The van der Waals surface area contributed by atoms with Crippen LogP contribution in [0.3, 0.4) is 0 Å². The first-order chi connectivity index (χ1) is 15.8. The standard InChI is InChI=1S/C24H28N2O7/c1-14-11-18(27)21(24(29)33-14)17(12-20(28)25-13-15-7-6-10-26(15)2)16-8-9-19(30-3)23(32-5)22(16)31-4/h6-11,17,27H,12-13H2,1-5H3,(H,25,28)/t17-/m0/s1. The summed E-state index contributed by atoms with van der Waals surface area (Å²) in [7, 11) is 6.29. The zero-order valence-corrected chi connectivity index (χ0v) is 19.3. The third-order valence-corrected chi connectivity index (χ3v) is 5.46. The van der Waals surface area contributed by atoms with Crippen LogP contribution < -0.4 is 25.2 Å². The number of hydrogen-bond acceptors (Lipinski definition) is 7. The Bertz CT molecular complexity index is 1200. The van der Waals surface area contributed by atoms with Crippen molar-refractivity contribution >= 4 is 5.91 Å². The fourth-order valence-electron chi connectivity index (χ4n) is 3.82. The first kappa shape index (κ1) is 23.8. The van der Waals surface area contributed by atoms with Gasteiger partial charge < -0.3 is 33.6 Å². The van der Waals surface area contributed by atoms with Crippen molar-refractivity contribution < 1.29 is 28.5 Å². The molecule has 0 saturated heterocycles. The first-order valence-electron chi connectivity index (χ1n) is 10.3. The van der Waals surface area contributed by atoms with E-state index in [2.05, 4.69) is 5.32 Å². The molecule has 0 fully saturated rings. The van der Waals surface area contributed by atoms with E-state index >= 15 is 0 Å². The summed E-state index contributed by atoms with van der Waals surface area (Å²) in [6.07, 6.45) is 1.74. The molecule has 33 heavy (non-hydrogen) atoms. The third kappa shape index (κ3) is 4.97. The van der Waals surface area contributed by atoms with E-state index in [4.69, 9.17) is 18.6 Å². The van der Waals surface area contributed by atoms with Crippen molar-refractivity contribution in [3.63, 3.8) is 0 Å². The SMILES string of the molecule is COc1ccc([C@H](CC(=O)NCc2cccn2C)c2c(O)cc(C)oc2=O)c(OC)c1OC. The molecule has 0 unspecified atom stereocenters. The number of benzene rings is 1. The van der Waals surface area contributed by atoms with E-state index in [9.17, 15) is 14.7 Å².